The Morgan fingerprint density at radius 3 is 2.24 bits per heavy atom. The number of nitrogens with zero attached hydrogens (tertiary/aromatic N) is 2. The van der Waals surface area contributed by atoms with E-state index in [4.69, 9.17) is 4.74 Å². The summed E-state index contributed by atoms with van der Waals surface area (Å²) in [5.41, 5.74) is 0.592. The van der Waals surface area contributed by atoms with E-state index in [2.05, 4.69) is 0 Å². The maximum absolute atomic E-state index is 14.3. The molecule has 2 heterocycles. The number of carbonyl (C=O) groups is 3. The van der Waals surface area contributed by atoms with Crippen molar-refractivity contribution in [2.75, 3.05) is 26.2 Å². The maximum Gasteiger partial charge on any atom is 0.338 e. The van der Waals surface area contributed by atoms with E-state index in [1.807, 2.05) is 0 Å². The van der Waals surface area contributed by atoms with Gasteiger partial charge in [0.05, 0.1) is 23.3 Å². The minimum atomic E-state index is -4.05. The number of imide groups is 1. The predicted octanol–water partition coefficient (Wildman–Crippen LogP) is 2.84. The van der Waals surface area contributed by atoms with E-state index in [-0.39, 0.29) is 25.1 Å². The summed E-state index contributed by atoms with van der Waals surface area (Å²) in [5.74, 6) is -2.53. The van der Waals surface area contributed by atoms with E-state index < -0.39 is 38.5 Å². The Labute approximate surface area is 191 Å². The number of piperidine rings is 1. The molecule has 2 aliphatic heterocycles. The Bertz CT molecular complexity index is 1170. The van der Waals surface area contributed by atoms with Crippen LogP contribution in [0.2, 0.25) is 0 Å². The van der Waals surface area contributed by atoms with E-state index in [1.54, 1.807) is 24.3 Å². The lowest BCUT2D eigenvalue weighted by atomic mass is 10.1. The molecule has 0 aromatic heterocycles. The number of benzene rings is 2. The number of carbonyl (C=O) groups excluding carboxylic acids is 3. The zero-order valence-corrected chi connectivity index (χ0v) is 18.6. The fraction of sp³-hybridized carbons (Fsp3) is 0.348. The smallest absolute Gasteiger partial charge is 0.338 e. The van der Waals surface area contributed by atoms with Crippen LogP contribution in [0.4, 0.5) is 4.39 Å². The quantitative estimate of drug-likeness (QED) is 0.348. The molecule has 1 fully saturated rings. The summed E-state index contributed by atoms with van der Waals surface area (Å²) in [7, 11) is -4.05. The normalized spacial score (nSPS) is 16.7. The molecule has 1 saturated heterocycles. The van der Waals surface area contributed by atoms with Crippen LogP contribution in [0.15, 0.2) is 47.4 Å². The van der Waals surface area contributed by atoms with Crippen molar-refractivity contribution in [2.45, 2.75) is 30.6 Å². The number of hydrogen-bond acceptors (Lipinski definition) is 6. The highest BCUT2D eigenvalue weighted by Crippen LogP contribution is 2.25. The zero-order chi connectivity index (χ0) is 23.6. The van der Waals surface area contributed by atoms with Crippen LogP contribution < -0.4 is 0 Å². The molecular formula is C23H23FN2O6S. The Balaban J connectivity index is 1.36. The molecule has 0 radical (unpaired) electrons. The van der Waals surface area contributed by atoms with Gasteiger partial charge in [-0.3, -0.25) is 14.5 Å². The second kappa shape index (κ2) is 9.40. The fourth-order valence-corrected chi connectivity index (χ4v) is 5.59. The summed E-state index contributed by atoms with van der Waals surface area (Å²) in [6, 6.07) is 9.61. The molecule has 10 heteroatoms. The largest absolute Gasteiger partial charge is 0.462 e. The third-order valence-electron chi connectivity index (χ3n) is 5.74. The van der Waals surface area contributed by atoms with Gasteiger partial charge in [-0.05, 0) is 49.6 Å². The van der Waals surface area contributed by atoms with Crippen molar-refractivity contribution in [1.29, 1.82) is 0 Å². The highest BCUT2D eigenvalue weighted by molar-refractivity contribution is 7.89. The lowest BCUT2D eigenvalue weighted by Gasteiger charge is -2.26. The molecule has 0 atom stereocenters. The topological polar surface area (TPSA) is 101 Å². The first kappa shape index (κ1) is 23.1. The third-order valence-corrected chi connectivity index (χ3v) is 7.65. The van der Waals surface area contributed by atoms with Gasteiger partial charge in [-0.25, -0.2) is 17.6 Å². The highest BCUT2D eigenvalue weighted by Gasteiger charge is 2.34. The molecule has 2 aromatic carbocycles. The summed E-state index contributed by atoms with van der Waals surface area (Å²) in [4.78, 5) is 37.7. The average molecular weight is 475 g/mol. The van der Waals surface area contributed by atoms with Gasteiger partial charge in [0, 0.05) is 19.6 Å². The van der Waals surface area contributed by atoms with Gasteiger partial charge in [-0.15, -0.1) is 0 Å². The highest BCUT2D eigenvalue weighted by atomic mass is 32.2. The molecule has 2 aromatic rings. The molecule has 0 unspecified atom stereocenters. The van der Waals surface area contributed by atoms with E-state index in [0.717, 1.165) is 29.5 Å². The molecule has 33 heavy (non-hydrogen) atoms. The van der Waals surface area contributed by atoms with Crippen LogP contribution in [-0.2, 0) is 14.8 Å². The molecule has 0 spiro atoms. The van der Waals surface area contributed by atoms with Crippen LogP contribution in [0, 0.1) is 5.82 Å². The first-order valence-corrected chi connectivity index (χ1v) is 12.2. The molecule has 0 bridgehead atoms. The van der Waals surface area contributed by atoms with Gasteiger partial charge in [0.1, 0.15) is 10.7 Å². The number of hydrogen-bond donors (Lipinski definition) is 0. The van der Waals surface area contributed by atoms with Crippen molar-refractivity contribution >= 4 is 27.8 Å². The molecule has 0 N–H and O–H groups in total. The molecule has 0 aliphatic carbocycles. The van der Waals surface area contributed by atoms with Crippen LogP contribution in [0.5, 0.6) is 0 Å². The first-order chi connectivity index (χ1) is 15.8. The van der Waals surface area contributed by atoms with Gasteiger partial charge in [-0.1, -0.05) is 18.6 Å². The van der Waals surface area contributed by atoms with Crippen LogP contribution >= 0.6 is 0 Å². The maximum atomic E-state index is 14.3. The SMILES string of the molecule is O=C(OCCCN1C(=O)c2ccccc2C1=O)c1ccc(F)c(S(=O)(=O)N2CCCCC2)c1. The van der Waals surface area contributed by atoms with Crippen molar-refractivity contribution in [3.05, 3.63) is 65.0 Å². The third kappa shape index (κ3) is 4.53. The van der Waals surface area contributed by atoms with Crippen molar-refractivity contribution in [3.63, 3.8) is 0 Å². The summed E-state index contributed by atoms with van der Waals surface area (Å²) < 4.78 is 46.3. The Morgan fingerprint density at radius 1 is 0.970 bits per heavy atom. The minimum absolute atomic E-state index is 0.0671. The molecule has 174 valence electrons. The van der Waals surface area contributed by atoms with Gasteiger partial charge < -0.3 is 4.74 Å². The van der Waals surface area contributed by atoms with Gasteiger partial charge in [0.15, 0.2) is 0 Å². The number of fused-ring (bicyclic) bond motifs is 1. The molecule has 2 amide bonds. The van der Waals surface area contributed by atoms with Gasteiger partial charge in [0.2, 0.25) is 10.0 Å². The van der Waals surface area contributed by atoms with Crippen LogP contribution in [0.3, 0.4) is 0 Å². The number of esters is 1. The second-order valence-corrected chi connectivity index (χ2v) is 9.81. The lowest BCUT2D eigenvalue weighted by molar-refractivity contribution is 0.0482. The molecule has 4 rings (SSSR count). The Hall–Kier alpha value is -3.11. The van der Waals surface area contributed by atoms with Crippen molar-refractivity contribution in [1.82, 2.24) is 9.21 Å². The number of sulfonamides is 1. The van der Waals surface area contributed by atoms with Crippen molar-refractivity contribution in [2.24, 2.45) is 0 Å². The summed E-state index contributed by atoms with van der Waals surface area (Å²) in [5, 5.41) is 0. The van der Waals surface area contributed by atoms with E-state index in [1.165, 1.54) is 4.31 Å². The number of rotatable bonds is 7. The number of amides is 2. The van der Waals surface area contributed by atoms with Crippen LogP contribution in [0.1, 0.15) is 56.8 Å². The van der Waals surface area contributed by atoms with Gasteiger partial charge >= 0.3 is 5.97 Å². The number of ether oxygens (including phenoxy) is 1. The average Bonchev–Trinajstić information content (AvgIpc) is 3.07. The zero-order valence-electron chi connectivity index (χ0n) is 17.8. The summed E-state index contributed by atoms with van der Waals surface area (Å²) >= 11 is 0. The fourth-order valence-electron chi connectivity index (χ4n) is 3.99. The first-order valence-electron chi connectivity index (χ1n) is 10.7. The van der Waals surface area contributed by atoms with Crippen molar-refractivity contribution < 1.29 is 31.9 Å². The Morgan fingerprint density at radius 2 is 1.61 bits per heavy atom. The minimum Gasteiger partial charge on any atom is -0.462 e. The lowest BCUT2D eigenvalue weighted by Crippen LogP contribution is -2.36. The van der Waals surface area contributed by atoms with Crippen LogP contribution in [0.25, 0.3) is 0 Å². The van der Waals surface area contributed by atoms with Gasteiger partial charge in [-0.2, -0.15) is 4.31 Å². The van der Waals surface area contributed by atoms with Gasteiger partial charge in [0.25, 0.3) is 11.8 Å². The molecular weight excluding hydrogens is 451 g/mol. The Kier molecular flexibility index (Phi) is 6.57. The van der Waals surface area contributed by atoms with E-state index >= 15 is 0 Å². The monoisotopic (exact) mass is 474 g/mol. The molecule has 2 aliphatic rings. The van der Waals surface area contributed by atoms with Crippen LogP contribution in [-0.4, -0.2) is 61.6 Å². The predicted molar refractivity (Wildman–Crippen MR) is 116 cm³/mol. The molecule has 0 saturated carbocycles. The standard InChI is InChI=1S/C23H23FN2O6S/c24-19-10-9-16(15-20(19)33(30,31)25-11-4-1-5-12-25)23(29)32-14-6-13-26-21(27)17-7-2-3-8-18(17)22(26)28/h2-3,7-10,15H,1,4-6,11-14H2. The second-order valence-electron chi connectivity index (χ2n) is 7.91. The summed E-state index contributed by atoms with van der Waals surface area (Å²) in [6.07, 6.45) is 2.53. The number of halogens is 1. The molecule has 8 nitrogen and oxygen atoms in total. The summed E-state index contributed by atoms with van der Waals surface area (Å²) in [6.45, 7) is 0.595. The van der Waals surface area contributed by atoms with E-state index in [9.17, 15) is 27.2 Å². The van der Waals surface area contributed by atoms with Crippen molar-refractivity contribution in [3.8, 4) is 0 Å². The van der Waals surface area contributed by atoms with E-state index in [0.29, 0.717) is 37.1 Å².